The topological polar surface area (TPSA) is 29.4 Å². The second-order valence-corrected chi connectivity index (χ2v) is 8.01. The first-order valence-electron chi connectivity index (χ1n) is 6.72. The largest absolute Gasteiger partial charge is 0.234 e. The molecular weight excluding hydrogens is 254 g/mol. The Morgan fingerprint density at radius 1 is 1.21 bits per heavy atom. The molecule has 0 spiro atoms. The van der Waals surface area contributed by atoms with E-state index in [0.29, 0.717) is 0 Å². The van der Waals surface area contributed by atoms with Gasteiger partial charge in [0.05, 0.1) is 4.75 Å². The average molecular weight is 279 g/mol. The maximum Gasteiger partial charge on any atom is 0.144 e. The highest BCUT2D eigenvalue weighted by Gasteiger charge is 2.18. The smallest absolute Gasteiger partial charge is 0.144 e. The molecule has 0 saturated carbocycles. The molecule has 1 rings (SSSR count). The van der Waals surface area contributed by atoms with E-state index in [1.807, 2.05) is 27.7 Å². The van der Waals surface area contributed by atoms with Gasteiger partial charge in [0.1, 0.15) is 11.0 Å². The summed E-state index contributed by atoms with van der Waals surface area (Å²) in [5.41, 5.74) is 4.93. The molecule has 0 bridgehead atoms. The molecule has 0 aromatic heterocycles. The molecule has 0 radical (unpaired) electrons. The summed E-state index contributed by atoms with van der Waals surface area (Å²) in [6, 6.07) is 6.55. The van der Waals surface area contributed by atoms with Gasteiger partial charge in [-0.1, -0.05) is 18.2 Å². The van der Waals surface area contributed by atoms with E-state index >= 15 is 0 Å². The van der Waals surface area contributed by atoms with Crippen LogP contribution < -0.4 is 0 Å². The monoisotopic (exact) mass is 279 g/mol. The first-order valence-corrected chi connectivity index (χ1v) is 7.83. The number of benzene rings is 1. The van der Waals surface area contributed by atoms with Crippen LogP contribution >= 0.6 is 0 Å². The van der Waals surface area contributed by atoms with Crippen molar-refractivity contribution in [2.75, 3.05) is 0 Å². The van der Waals surface area contributed by atoms with E-state index in [9.17, 15) is 4.21 Å². The molecule has 0 unspecified atom stereocenters. The standard InChI is InChI=1S/C16H25NOS/c1-12-7-9-15(11-13(12)2)10-8-14(3)17-19(18)16(4,5)6/h7,9,11H,8,10H2,1-6H3/t19-/m1/s1. The van der Waals surface area contributed by atoms with Crippen molar-refractivity contribution in [1.82, 2.24) is 0 Å². The van der Waals surface area contributed by atoms with Crippen LogP contribution in [0.5, 0.6) is 0 Å². The molecule has 0 aliphatic carbocycles. The highest BCUT2D eigenvalue weighted by Crippen LogP contribution is 2.14. The van der Waals surface area contributed by atoms with Crippen molar-refractivity contribution < 1.29 is 4.21 Å². The molecule has 0 N–H and O–H groups in total. The van der Waals surface area contributed by atoms with E-state index in [4.69, 9.17) is 0 Å². The van der Waals surface area contributed by atoms with Gasteiger partial charge in [0.15, 0.2) is 0 Å². The SMILES string of the molecule is CC(CCc1ccc(C)c(C)c1)=N[S@](=O)C(C)(C)C. The van der Waals surface area contributed by atoms with Gasteiger partial charge in [0.25, 0.3) is 0 Å². The first kappa shape index (κ1) is 16.1. The zero-order valence-corrected chi connectivity index (χ0v) is 13.7. The van der Waals surface area contributed by atoms with E-state index < -0.39 is 11.0 Å². The van der Waals surface area contributed by atoms with Gasteiger partial charge >= 0.3 is 0 Å². The lowest BCUT2D eigenvalue weighted by Gasteiger charge is -2.14. The first-order chi connectivity index (χ1) is 8.70. The highest BCUT2D eigenvalue weighted by molar-refractivity contribution is 7.85. The molecule has 0 aliphatic rings. The Kier molecular flexibility index (Phi) is 5.48. The highest BCUT2D eigenvalue weighted by atomic mass is 32.2. The summed E-state index contributed by atoms with van der Waals surface area (Å²) in [7, 11) is -1.15. The third kappa shape index (κ3) is 5.27. The van der Waals surface area contributed by atoms with Crippen molar-refractivity contribution >= 4 is 16.7 Å². The van der Waals surface area contributed by atoms with Gasteiger partial charge in [-0.2, -0.15) is 4.40 Å². The lowest BCUT2D eigenvalue weighted by atomic mass is 10.0. The second-order valence-electron chi connectivity index (χ2n) is 6.11. The van der Waals surface area contributed by atoms with Gasteiger partial charge in [-0.05, 0) is 71.1 Å². The molecule has 106 valence electrons. The minimum atomic E-state index is -1.15. The Morgan fingerprint density at radius 2 is 1.84 bits per heavy atom. The summed E-state index contributed by atoms with van der Waals surface area (Å²) in [5, 5.41) is 0. The zero-order valence-electron chi connectivity index (χ0n) is 12.9. The molecule has 0 heterocycles. The molecule has 1 aromatic rings. The van der Waals surface area contributed by atoms with E-state index in [0.717, 1.165) is 18.6 Å². The summed E-state index contributed by atoms with van der Waals surface area (Å²) < 4.78 is 15.9. The van der Waals surface area contributed by atoms with Crippen molar-refractivity contribution in [2.24, 2.45) is 4.40 Å². The van der Waals surface area contributed by atoms with Gasteiger partial charge in [-0.25, -0.2) is 4.21 Å². The maximum absolute atomic E-state index is 11.9. The molecule has 3 heteroatoms. The normalized spacial score (nSPS) is 14.5. The fourth-order valence-corrected chi connectivity index (χ4v) is 2.26. The Hall–Kier alpha value is -0.960. The maximum atomic E-state index is 11.9. The molecule has 1 aromatic carbocycles. The van der Waals surface area contributed by atoms with E-state index in [-0.39, 0.29) is 4.75 Å². The van der Waals surface area contributed by atoms with Crippen LogP contribution in [0.2, 0.25) is 0 Å². The summed E-state index contributed by atoms with van der Waals surface area (Å²) >= 11 is 0. The molecule has 1 atom stereocenters. The van der Waals surface area contributed by atoms with E-state index in [2.05, 4.69) is 36.4 Å². The summed E-state index contributed by atoms with van der Waals surface area (Å²) in [5.74, 6) is 0. The molecule has 0 amide bonds. The quantitative estimate of drug-likeness (QED) is 0.761. The summed E-state index contributed by atoms with van der Waals surface area (Å²) in [4.78, 5) is 0. The number of rotatable bonds is 4. The molecule has 0 aliphatic heterocycles. The minimum absolute atomic E-state index is 0.276. The lowest BCUT2D eigenvalue weighted by Crippen LogP contribution is -2.20. The van der Waals surface area contributed by atoms with Crippen molar-refractivity contribution in [3.8, 4) is 0 Å². The van der Waals surface area contributed by atoms with Crippen LogP contribution in [0.1, 0.15) is 50.8 Å². The van der Waals surface area contributed by atoms with Crippen LogP contribution in [-0.4, -0.2) is 14.7 Å². The molecule has 19 heavy (non-hydrogen) atoms. The van der Waals surface area contributed by atoms with E-state index in [1.165, 1.54) is 16.7 Å². The Labute approximate surface area is 119 Å². The summed E-state index contributed by atoms with van der Waals surface area (Å²) in [6.07, 6.45) is 1.82. The van der Waals surface area contributed by atoms with E-state index in [1.54, 1.807) is 0 Å². The number of nitrogens with zero attached hydrogens (tertiary/aromatic N) is 1. The van der Waals surface area contributed by atoms with Crippen LogP contribution in [0, 0.1) is 13.8 Å². The number of hydrogen-bond donors (Lipinski definition) is 0. The third-order valence-electron chi connectivity index (χ3n) is 3.11. The number of hydrogen-bond acceptors (Lipinski definition) is 1. The average Bonchev–Trinajstić information content (AvgIpc) is 2.29. The van der Waals surface area contributed by atoms with Gasteiger partial charge in [-0.15, -0.1) is 0 Å². The number of aryl methyl sites for hydroxylation is 3. The third-order valence-corrected chi connectivity index (χ3v) is 4.63. The zero-order chi connectivity index (χ0) is 14.6. The predicted molar refractivity (Wildman–Crippen MR) is 85.2 cm³/mol. The van der Waals surface area contributed by atoms with Gasteiger partial charge in [0.2, 0.25) is 0 Å². The fraction of sp³-hybridized carbons (Fsp3) is 0.562. The Balaban J connectivity index is 2.64. The second kappa shape index (κ2) is 6.47. The van der Waals surface area contributed by atoms with Gasteiger partial charge in [-0.3, -0.25) is 0 Å². The van der Waals surface area contributed by atoms with Gasteiger partial charge < -0.3 is 0 Å². The van der Waals surface area contributed by atoms with Gasteiger partial charge in [0, 0.05) is 5.71 Å². The molecule has 0 fully saturated rings. The molecule has 0 saturated heterocycles. The molecule has 2 nitrogen and oxygen atoms in total. The van der Waals surface area contributed by atoms with Crippen molar-refractivity contribution in [3.63, 3.8) is 0 Å². The lowest BCUT2D eigenvalue weighted by molar-refractivity contribution is 0.650. The van der Waals surface area contributed by atoms with Crippen LogP contribution in [0.4, 0.5) is 0 Å². The van der Waals surface area contributed by atoms with Crippen LogP contribution in [0.3, 0.4) is 0 Å². The van der Waals surface area contributed by atoms with Crippen LogP contribution in [-0.2, 0) is 17.4 Å². The Bertz CT molecular complexity index is 498. The van der Waals surface area contributed by atoms with Crippen molar-refractivity contribution in [2.45, 2.75) is 59.1 Å². The van der Waals surface area contributed by atoms with Crippen molar-refractivity contribution in [3.05, 3.63) is 34.9 Å². The fourth-order valence-electron chi connectivity index (χ4n) is 1.61. The van der Waals surface area contributed by atoms with Crippen LogP contribution in [0.25, 0.3) is 0 Å². The summed E-state index contributed by atoms with van der Waals surface area (Å²) in [6.45, 7) is 12.1. The predicted octanol–water partition coefficient (Wildman–Crippen LogP) is 4.16. The molecular formula is C16H25NOS. The Morgan fingerprint density at radius 3 is 2.37 bits per heavy atom. The minimum Gasteiger partial charge on any atom is -0.234 e. The van der Waals surface area contributed by atoms with Crippen LogP contribution in [0.15, 0.2) is 22.6 Å². The van der Waals surface area contributed by atoms with Crippen molar-refractivity contribution in [1.29, 1.82) is 0 Å².